The Morgan fingerprint density at radius 3 is 2.14 bits per heavy atom. The number of hydrogen-bond donors (Lipinski definition) is 1. The Morgan fingerprint density at radius 2 is 1.71 bits per heavy atom. The Labute approximate surface area is 128 Å². The molecule has 0 spiro atoms. The number of carbonyl (C=O) groups excluding carboxylic acids is 3. The zero-order valence-electron chi connectivity index (χ0n) is 12.4. The molecule has 0 unspecified atom stereocenters. The van der Waals surface area contributed by atoms with E-state index < -0.39 is 17.5 Å². The molecule has 1 heterocycles. The van der Waals surface area contributed by atoms with Crippen LogP contribution >= 0.6 is 11.8 Å². The normalized spacial score (nSPS) is 16.1. The smallest absolute Gasteiger partial charge is 0.345 e. The Hall–Kier alpha value is -1.28. The Bertz CT molecular complexity index is 354. The van der Waals surface area contributed by atoms with Crippen LogP contribution in [0.3, 0.4) is 0 Å². The number of thioether (sulfide) groups is 1. The van der Waals surface area contributed by atoms with Crippen LogP contribution < -0.4 is 5.32 Å². The third-order valence-corrected chi connectivity index (χ3v) is 4.06. The van der Waals surface area contributed by atoms with Crippen LogP contribution in [0.2, 0.25) is 0 Å². The SMILES string of the molecule is CCOC(=O)C(CN1CCSCC1)(NC=O)C(=O)OCC. The molecule has 120 valence electrons. The minimum absolute atomic E-state index is 0.0595. The third-order valence-electron chi connectivity index (χ3n) is 3.12. The molecule has 8 heteroatoms. The molecule has 7 nitrogen and oxygen atoms in total. The molecule has 0 bridgehead atoms. The molecule has 1 N–H and O–H groups in total. The lowest BCUT2D eigenvalue weighted by Gasteiger charge is -2.35. The maximum absolute atomic E-state index is 12.3. The fourth-order valence-electron chi connectivity index (χ4n) is 2.08. The van der Waals surface area contributed by atoms with E-state index in [9.17, 15) is 14.4 Å². The number of nitrogens with zero attached hydrogens (tertiary/aromatic N) is 1. The zero-order chi connectivity index (χ0) is 15.7. The first-order chi connectivity index (χ1) is 10.1. The van der Waals surface area contributed by atoms with E-state index in [2.05, 4.69) is 5.32 Å². The van der Waals surface area contributed by atoms with Gasteiger partial charge in [-0.15, -0.1) is 0 Å². The molecule has 1 rings (SSSR count). The van der Waals surface area contributed by atoms with Crippen LogP contribution in [0.1, 0.15) is 13.8 Å². The number of amides is 1. The second-order valence-electron chi connectivity index (χ2n) is 4.50. The van der Waals surface area contributed by atoms with E-state index in [0.717, 1.165) is 24.6 Å². The minimum atomic E-state index is -1.80. The highest BCUT2D eigenvalue weighted by molar-refractivity contribution is 7.99. The molecule has 1 amide bonds. The fourth-order valence-corrected chi connectivity index (χ4v) is 3.06. The van der Waals surface area contributed by atoms with Gasteiger partial charge in [0.2, 0.25) is 11.9 Å². The molecule has 1 saturated heterocycles. The molecular formula is C13H22N2O5S. The van der Waals surface area contributed by atoms with E-state index in [1.165, 1.54) is 0 Å². The van der Waals surface area contributed by atoms with Crippen LogP contribution in [-0.2, 0) is 23.9 Å². The van der Waals surface area contributed by atoms with Crippen molar-refractivity contribution in [1.82, 2.24) is 10.2 Å². The summed E-state index contributed by atoms with van der Waals surface area (Å²) in [6.45, 7) is 5.08. The van der Waals surface area contributed by atoms with Crippen LogP contribution in [-0.4, -0.2) is 73.1 Å². The van der Waals surface area contributed by atoms with Crippen LogP contribution in [0.5, 0.6) is 0 Å². The Morgan fingerprint density at radius 1 is 1.19 bits per heavy atom. The van der Waals surface area contributed by atoms with Crippen molar-refractivity contribution >= 4 is 30.1 Å². The van der Waals surface area contributed by atoms with Crippen molar-refractivity contribution in [3.8, 4) is 0 Å². The number of carbonyl (C=O) groups is 3. The van der Waals surface area contributed by atoms with E-state index >= 15 is 0 Å². The molecule has 1 aliphatic rings. The van der Waals surface area contributed by atoms with Gasteiger partial charge in [0.1, 0.15) is 0 Å². The standard InChI is InChI=1S/C13H22N2O5S/c1-3-19-11(17)13(14-10-16,12(18)20-4-2)9-15-5-7-21-8-6-15/h10H,3-9H2,1-2H3,(H,14,16). The average Bonchev–Trinajstić information content (AvgIpc) is 2.48. The fraction of sp³-hybridized carbons (Fsp3) is 0.769. The van der Waals surface area contributed by atoms with Crippen molar-refractivity contribution in [3.63, 3.8) is 0 Å². The van der Waals surface area contributed by atoms with Gasteiger partial charge in [0, 0.05) is 31.1 Å². The number of nitrogens with one attached hydrogen (secondary N) is 1. The largest absolute Gasteiger partial charge is 0.464 e. The second kappa shape index (κ2) is 8.89. The van der Waals surface area contributed by atoms with Gasteiger partial charge in [-0.25, -0.2) is 9.59 Å². The molecule has 0 aromatic heterocycles. The van der Waals surface area contributed by atoms with Crippen molar-refractivity contribution in [1.29, 1.82) is 0 Å². The third kappa shape index (κ3) is 4.60. The topological polar surface area (TPSA) is 84.9 Å². The highest BCUT2D eigenvalue weighted by Crippen LogP contribution is 2.17. The first-order valence-electron chi connectivity index (χ1n) is 6.96. The highest BCUT2D eigenvalue weighted by Gasteiger charge is 2.50. The number of esters is 2. The van der Waals surface area contributed by atoms with Gasteiger partial charge in [0.15, 0.2) is 0 Å². The first kappa shape index (κ1) is 17.8. The maximum Gasteiger partial charge on any atom is 0.345 e. The molecule has 0 radical (unpaired) electrons. The van der Waals surface area contributed by atoms with Gasteiger partial charge >= 0.3 is 11.9 Å². The summed E-state index contributed by atoms with van der Waals surface area (Å²) in [6, 6.07) is 0. The summed E-state index contributed by atoms with van der Waals surface area (Å²) >= 11 is 1.81. The Balaban J connectivity index is 2.99. The average molecular weight is 318 g/mol. The summed E-state index contributed by atoms with van der Waals surface area (Å²) in [4.78, 5) is 37.4. The number of rotatable bonds is 8. The predicted octanol–water partition coefficient (Wildman–Crippen LogP) is -0.354. The van der Waals surface area contributed by atoms with Crippen molar-refractivity contribution in [2.45, 2.75) is 19.4 Å². The Kier molecular flexibility index (Phi) is 7.52. The summed E-state index contributed by atoms with van der Waals surface area (Å²) in [5, 5.41) is 2.33. The minimum Gasteiger partial charge on any atom is -0.464 e. The van der Waals surface area contributed by atoms with Crippen LogP contribution in [0.15, 0.2) is 0 Å². The van der Waals surface area contributed by atoms with Gasteiger partial charge in [0.05, 0.1) is 13.2 Å². The van der Waals surface area contributed by atoms with E-state index in [1.807, 2.05) is 16.7 Å². The summed E-state index contributed by atoms with van der Waals surface area (Å²) in [5.74, 6) is 0.272. The van der Waals surface area contributed by atoms with Gasteiger partial charge in [-0.05, 0) is 13.8 Å². The van der Waals surface area contributed by atoms with Crippen molar-refractivity contribution in [2.24, 2.45) is 0 Å². The molecule has 1 aliphatic heterocycles. The quantitative estimate of drug-likeness (QED) is 0.372. The molecule has 0 aromatic carbocycles. The molecule has 0 aromatic rings. The van der Waals surface area contributed by atoms with E-state index in [0.29, 0.717) is 6.41 Å². The van der Waals surface area contributed by atoms with Gasteiger partial charge < -0.3 is 14.8 Å². The predicted molar refractivity (Wildman–Crippen MR) is 79.0 cm³/mol. The molecule has 21 heavy (non-hydrogen) atoms. The molecular weight excluding hydrogens is 296 g/mol. The van der Waals surface area contributed by atoms with Crippen LogP contribution in [0.4, 0.5) is 0 Å². The lowest BCUT2D eigenvalue weighted by atomic mass is 9.99. The van der Waals surface area contributed by atoms with Crippen molar-refractivity contribution in [3.05, 3.63) is 0 Å². The van der Waals surface area contributed by atoms with Crippen LogP contribution in [0, 0.1) is 0 Å². The van der Waals surface area contributed by atoms with Crippen LogP contribution in [0.25, 0.3) is 0 Å². The maximum atomic E-state index is 12.3. The summed E-state index contributed by atoms with van der Waals surface area (Å²) in [5.41, 5.74) is -1.80. The molecule has 0 atom stereocenters. The second-order valence-corrected chi connectivity index (χ2v) is 5.72. The summed E-state index contributed by atoms with van der Waals surface area (Å²) in [7, 11) is 0. The molecule has 0 aliphatic carbocycles. The van der Waals surface area contributed by atoms with Gasteiger partial charge in [0.25, 0.3) is 0 Å². The van der Waals surface area contributed by atoms with Gasteiger partial charge in [-0.3, -0.25) is 9.69 Å². The monoisotopic (exact) mass is 318 g/mol. The lowest BCUT2D eigenvalue weighted by molar-refractivity contribution is -0.168. The number of hydrogen-bond acceptors (Lipinski definition) is 7. The lowest BCUT2D eigenvalue weighted by Crippen LogP contribution is -2.65. The van der Waals surface area contributed by atoms with E-state index in [1.54, 1.807) is 13.8 Å². The van der Waals surface area contributed by atoms with Gasteiger partial charge in [-0.1, -0.05) is 0 Å². The highest BCUT2D eigenvalue weighted by atomic mass is 32.2. The first-order valence-corrected chi connectivity index (χ1v) is 8.12. The molecule has 1 fully saturated rings. The van der Waals surface area contributed by atoms with Crippen molar-refractivity contribution < 1.29 is 23.9 Å². The number of ether oxygens (including phenoxy) is 2. The zero-order valence-corrected chi connectivity index (χ0v) is 13.2. The van der Waals surface area contributed by atoms with E-state index in [-0.39, 0.29) is 19.8 Å². The van der Waals surface area contributed by atoms with Gasteiger partial charge in [-0.2, -0.15) is 11.8 Å². The molecule has 0 saturated carbocycles. The summed E-state index contributed by atoms with van der Waals surface area (Å²) in [6.07, 6.45) is 0.340. The van der Waals surface area contributed by atoms with Crippen molar-refractivity contribution in [2.75, 3.05) is 44.4 Å². The summed E-state index contributed by atoms with van der Waals surface area (Å²) < 4.78 is 9.95. The van der Waals surface area contributed by atoms with E-state index in [4.69, 9.17) is 9.47 Å².